The summed E-state index contributed by atoms with van der Waals surface area (Å²) in [5.74, 6) is 0. The first-order chi connectivity index (χ1) is 9.78. The van der Waals surface area contributed by atoms with E-state index in [1.54, 1.807) is 0 Å². The number of aliphatic hydroxyl groups is 1. The molecule has 0 bridgehead atoms. The Bertz CT molecular complexity index is 580. The van der Waals surface area contributed by atoms with E-state index in [0.717, 1.165) is 24.1 Å². The molecular formula is C17H20N2O. The molecule has 3 nitrogen and oxygen atoms in total. The van der Waals surface area contributed by atoms with E-state index in [9.17, 15) is 5.11 Å². The molecule has 0 fully saturated rings. The van der Waals surface area contributed by atoms with Crippen molar-refractivity contribution in [3.63, 3.8) is 0 Å². The Morgan fingerprint density at radius 3 is 2.60 bits per heavy atom. The van der Waals surface area contributed by atoms with Crippen molar-refractivity contribution in [3.05, 3.63) is 65.2 Å². The summed E-state index contributed by atoms with van der Waals surface area (Å²) in [6.07, 6.45) is 0.600. The van der Waals surface area contributed by atoms with Gasteiger partial charge in [-0.15, -0.1) is 0 Å². The highest BCUT2D eigenvalue weighted by Gasteiger charge is 2.21. The van der Waals surface area contributed by atoms with Gasteiger partial charge in [0.15, 0.2) is 0 Å². The average molecular weight is 268 g/mol. The molecule has 1 atom stereocenters. The van der Waals surface area contributed by atoms with E-state index in [1.165, 1.54) is 11.3 Å². The van der Waals surface area contributed by atoms with Crippen LogP contribution >= 0.6 is 0 Å². The van der Waals surface area contributed by atoms with Crippen LogP contribution in [0.3, 0.4) is 0 Å². The van der Waals surface area contributed by atoms with Gasteiger partial charge >= 0.3 is 0 Å². The Labute approximate surface area is 119 Å². The van der Waals surface area contributed by atoms with Crippen LogP contribution in [0.1, 0.15) is 22.8 Å². The van der Waals surface area contributed by atoms with Gasteiger partial charge in [-0.25, -0.2) is 0 Å². The van der Waals surface area contributed by atoms with Crippen molar-refractivity contribution in [3.8, 4) is 0 Å². The summed E-state index contributed by atoms with van der Waals surface area (Å²) >= 11 is 0. The van der Waals surface area contributed by atoms with E-state index < -0.39 is 6.10 Å². The molecule has 2 aromatic carbocycles. The lowest BCUT2D eigenvalue weighted by Crippen LogP contribution is -2.26. The van der Waals surface area contributed by atoms with E-state index >= 15 is 0 Å². The lowest BCUT2D eigenvalue weighted by atomic mass is 10.1. The highest BCUT2D eigenvalue weighted by atomic mass is 16.3. The quantitative estimate of drug-likeness (QED) is 0.894. The molecule has 0 saturated heterocycles. The topological polar surface area (TPSA) is 49.5 Å². The molecule has 1 unspecified atom stereocenters. The third-order valence-electron chi connectivity index (χ3n) is 3.98. The fourth-order valence-corrected chi connectivity index (χ4v) is 2.79. The third kappa shape index (κ3) is 2.55. The highest BCUT2D eigenvalue weighted by molar-refractivity contribution is 5.58. The predicted octanol–water partition coefficient (Wildman–Crippen LogP) is 2.24. The van der Waals surface area contributed by atoms with Gasteiger partial charge in [0.25, 0.3) is 0 Å². The fraction of sp³-hybridized carbons (Fsp3) is 0.294. The number of benzene rings is 2. The van der Waals surface area contributed by atoms with Gasteiger partial charge in [0, 0.05) is 25.3 Å². The maximum Gasteiger partial charge on any atom is 0.0964 e. The van der Waals surface area contributed by atoms with Gasteiger partial charge in [0.2, 0.25) is 0 Å². The van der Waals surface area contributed by atoms with Crippen LogP contribution < -0.4 is 10.6 Å². The molecule has 20 heavy (non-hydrogen) atoms. The average Bonchev–Trinajstić information content (AvgIpc) is 2.91. The Kier molecular flexibility index (Phi) is 3.72. The number of fused-ring (bicyclic) bond motifs is 1. The molecule has 0 amide bonds. The normalized spacial score (nSPS) is 15.2. The number of hydrogen-bond donors (Lipinski definition) is 2. The number of rotatable bonds is 4. The molecule has 0 saturated carbocycles. The first-order valence-electron chi connectivity index (χ1n) is 7.08. The van der Waals surface area contributed by atoms with Crippen LogP contribution in [-0.4, -0.2) is 18.2 Å². The van der Waals surface area contributed by atoms with Crippen LogP contribution in [-0.2, 0) is 13.0 Å². The van der Waals surface area contributed by atoms with Gasteiger partial charge in [0.1, 0.15) is 0 Å². The number of nitrogens with two attached hydrogens (primary N) is 1. The largest absolute Gasteiger partial charge is 0.387 e. The lowest BCUT2D eigenvalue weighted by molar-refractivity contribution is 0.184. The number of hydrogen-bond acceptors (Lipinski definition) is 3. The molecule has 1 heterocycles. The van der Waals surface area contributed by atoms with E-state index in [2.05, 4.69) is 29.2 Å². The van der Waals surface area contributed by atoms with Gasteiger partial charge in [-0.1, -0.05) is 42.5 Å². The summed E-state index contributed by atoms with van der Waals surface area (Å²) in [5.41, 5.74) is 10.3. The van der Waals surface area contributed by atoms with Crippen LogP contribution in [0.5, 0.6) is 0 Å². The van der Waals surface area contributed by atoms with Gasteiger partial charge in [-0.3, -0.25) is 0 Å². The minimum Gasteiger partial charge on any atom is -0.387 e. The zero-order valence-corrected chi connectivity index (χ0v) is 11.5. The van der Waals surface area contributed by atoms with Crippen molar-refractivity contribution in [2.75, 3.05) is 18.0 Å². The van der Waals surface area contributed by atoms with Gasteiger partial charge in [-0.05, 0) is 29.2 Å². The standard InChI is InChI=1S/C17H20N2O/c18-11-13-5-7-15(8-6-13)17(20)12-19-10-9-14-3-1-2-4-16(14)19/h1-8,17,20H,9-12,18H2. The van der Waals surface area contributed by atoms with Crippen LogP contribution in [0.2, 0.25) is 0 Å². The monoisotopic (exact) mass is 268 g/mol. The van der Waals surface area contributed by atoms with E-state index in [1.807, 2.05) is 24.3 Å². The first kappa shape index (κ1) is 13.2. The molecule has 3 rings (SSSR count). The molecule has 0 aliphatic carbocycles. The molecule has 3 heteroatoms. The van der Waals surface area contributed by atoms with Gasteiger partial charge < -0.3 is 15.7 Å². The highest BCUT2D eigenvalue weighted by Crippen LogP contribution is 2.29. The summed E-state index contributed by atoms with van der Waals surface area (Å²) in [4.78, 5) is 2.26. The van der Waals surface area contributed by atoms with Crippen LogP contribution in [0, 0.1) is 0 Å². The Morgan fingerprint density at radius 1 is 1.10 bits per heavy atom. The fourth-order valence-electron chi connectivity index (χ4n) is 2.79. The molecule has 104 valence electrons. The maximum atomic E-state index is 10.4. The van der Waals surface area contributed by atoms with Gasteiger partial charge in [0.05, 0.1) is 6.10 Å². The van der Waals surface area contributed by atoms with Crippen LogP contribution in [0.15, 0.2) is 48.5 Å². The summed E-state index contributed by atoms with van der Waals surface area (Å²) in [6.45, 7) is 2.16. The molecule has 3 N–H and O–H groups in total. The molecule has 1 aliphatic heterocycles. The van der Waals surface area contributed by atoms with E-state index in [-0.39, 0.29) is 0 Å². The number of aliphatic hydroxyl groups excluding tert-OH is 1. The second-order valence-corrected chi connectivity index (χ2v) is 5.29. The maximum absolute atomic E-state index is 10.4. The number of β-amino-alcohol motifs (C(OH)–C–C–N with tert-alkyl or cyclic N) is 1. The third-order valence-corrected chi connectivity index (χ3v) is 3.98. The van der Waals surface area contributed by atoms with Crippen molar-refractivity contribution in [2.24, 2.45) is 5.73 Å². The second-order valence-electron chi connectivity index (χ2n) is 5.29. The van der Waals surface area contributed by atoms with Crippen LogP contribution in [0.25, 0.3) is 0 Å². The van der Waals surface area contributed by atoms with Crippen molar-refractivity contribution in [2.45, 2.75) is 19.1 Å². The zero-order valence-electron chi connectivity index (χ0n) is 11.5. The minimum atomic E-state index is -0.465. The van der Waals surface area contributed by atoms with Crippen molar-refractivity contribution in [1.29, 1.82) is 0 Å². The van der Waals surface area contributed by atoms with E-state index in [4.69, 9.17) is 5.73 Å². The molecular weight excluding hydrogens is 248 g/mol. The summed E-state index contributed by atoms with van der Waals surface area (Å²) in [6, 6.07) is 16.3. The second kappa shape index (κ2) is 5.65. The summed E-state index contributed by atoms with van der Waals surface area (Å²) < 4.78 is 0. The lowest BCUT2D eigenvalue weighted by Gasteiger charge is -2.23. The molecule has 0 spiro atoms. The van der Waals surface area contributed by atoms with Crippen molar-refractivity contribution < 1.29 is 5.11 Å². The van der Waals surface area contributed by atoms with Crippen molar-refractivity contribution >= 4 is 5.69 Å². The summed E-state index contributed by atoms with van der Waals surface area (Å²) in [7, 11) is 0. The Hall–Kier alpha value is -1.84. The summed E-state index contributed by atoms with van der Waals surface area (Å²) in [5, 5.41) is 10.4. The number of nitrogens with zero attached hydrogens (tertiary/aromatic N) is 1. The van der Waals surface area contributed by atoms with Gasteiger partial charge in [-0.2, -0.15) is 0 Å². The van der Waals surface area contributed by atoms with Crippen LogP contribution in [0.4, 0.5) is 5.69 Å². The number of anilines is 1. The molecule has 2 aromatic rings. The predicted molar refractivity (Wildman–Crippen MR) is 81.7 cm³/mol. The Morgan fingerprint density at radius 2 is 1.85 bits per heavy atom. The SMILES string of the molecule is NCc1ccc(C(O)CN2CCc3ccccc32)cc1. The Balaban J connectivity index is 1.71. The van der Waals surface area contributed by atoms with Crippen molar-refractivity contribution in [1.82, 2.24) is 0 Å². The first-order valence-corrected chi connectivity index (χ1v) is 7.08. The van der Waals surface area contributed by atoms with E-state index in [0.29, 0.717) is 13.1 Å². The molecule has 0 radical (unpaired) electrons. The zero-order chi connectivity index (χ0) is 13.9. The number of para-hydroxylation sites is 1. The molecule has 0 aromatic heterocycles. The minimum absolute atomic E-state index is 0.465. The molecule has 1 aliphatic rings. The smallest absolute Gasteiger partial charge is 0.0964 e.